The van der Waals surface area contributed by atoms with Gasteiger partial charge in [-0.05, 0) is 25.4 Å². The van der Waals surface area contributed by atoms with E-state index in [1.165, 1.54) is 40.5 Å². The topological polar surface area (TPSA) is 78.7 Å². The second-order valence-corrected chi connectivity index (χ2v) is 2.79. The minimum absolute atomic E-state index is 0. The molecule has 15 heavy (non-hydrogen) atoms. The fraction of sp³-hybridized carbons (Fsp3) is 0.400. The molecule has 0 aliphatic carbocycles. The molecule has 0 unspecified atom stereocenters. The number of nitrogens with zero attached hydrogens (tertiary/aromatic N) is 2. The predicted molar refractivity (Wildman–Crippen MR) is 58.0 cm³/mol. The van der Waals surface area contributed by atoms with Gasteiger partial charge in [0, 0.05) is 0 Å². The number of hydrogen-bond donors (Lipinski definition) is 0. The molecule has 0 rings (SSSR count). The molecule has 0 aliphatic heterocycles. The Morgan fingerprint density at radius 1 is 0.800 bits per heavy atom. The van der Waals surface area contributed by atoms with Crippen molar-refractivity contribution < 1.29 is 26.1 Å². The second-order valence-electron chi connectivity index (χ2n) is 2.79. The molecule has 0 amide bonds. The minimum Gasteiger partial charge on any atom is -0.838 e. The first-order valence-corrected chi connectivity index (χ1v) is 4.01. The molecule has 0 aromatic heterocycles. The average Bonchev–Trinajstić information content (AvgIpc) is 1.79. The van der Waals surface area contributed by atoms with Gasteiger partial charge in [0.05, 0.1) is 0 Å². The van der Waals surface area contributed by atoms with E-state index in [1.54, 1.807) is 0 Å². The third kappa shape index (κ3) is 32.2. The molecule has 0 aromatic carbocycles. The molecular formula is C10H14N2NiO2-2. The molecule has 88 valence electrons. The Balaban J connectivity index is -0.000000180. The first-order valence-electron chi connectivity index (χ1n) is 4.01. The molecule has 5 heteroatoms. The number of rotatable bonds is 4. The van der Waals surface area contributed by atoms with Gasteiger partial charge >= 0.3 is 16.5 Å². The van der Waals surface area contributed by atoms with Gasteiger partial charge in [-0.3, -0.25) is 0 Å². The van der Waals surface area contributed by atoms with Crippen molar-refractivity contribution in [2.45, 2.75) is 27.7 Å². The van der Waals surface area contributed by atoms with E-state index in [4.69, 9.17) is 10.8 Å². The molecule has 0 N–H and O–H groups in total. The van der Waals surface area contributed by atoms with Crippen molar-refractivity contribution in [2.24, 2.45) is 0 Å². The summed E-state index contributed by atoms with van der Waals surface area (Å²) >= 11 is 0. The van der Waals surface area contributed by atoms with Crippen LogP contribution in [0.2, 0.25) is 0 Å². The summed E-state index contributed by atoms with van der Waals surface area (Å²) in [6.07, 6.45) is 2.33. The average molecular weight is 253 g/mol. The number of ketones is 2. The van der Waals surface area contributed by atoms with E-state index in [2.05, 4.69) is 0 Å². The Bertz CT molecular complexity index is 200. The zero-order valence-electron chi connectivity index (χ0n) is 9.18. The molecule has 4 nitrogen and oxygen atoms in total. The number of carbonyl (C=O) groups is 2. The number of Topliss-reactive ketones (excluding diaryl/α,β-unsaturated/α-hetero) is 2. The molecule has 0 aliphatic rings. The summed E-state index contributed by atoms with van der Waals surface area (Å²) in [5.74, 6) is -0.250. The molecule has 0 atom stereocenters. The third-order valence-electron chi connectivity index (χ3n) is 0.824. The number of carbonyl (C=O) groups excluding carboxylic acids is 2. The summed E-state index contributed by atoms with van der Waals surface area (Å²) in [4.78, 5) is 20.0. The molecule has 0 heterocycles. The van der Waals surface area contributed by atoms with E-state index in [1.807, 2.05) is 0 Å². The van der Waals surface area contributed by atoms with Crippen molar-refractivity contribution in [3.05, 3.63) is 23.7 Å². The minimum atomic E-state index is -0.125. The smallest absolute Gasteiger partial charge is 0.838 e. The van der Waals surface area contributed by atoms with Crippen molar-refractivity contribution in [1.29, 1.82) is 0 Å². The van der Waals surface area contributed by atoms with Crippen LogP contribution in [0.25, 0.3) is 10.8 Å². The molecular weight excluding hydrogens is 239 g/mol. The molecule has 0 aromatic rings. The first-order chi connectivity index (χ1) is 6.25. The van der Waals surface area contributed by atoms with Crippen molar-refractivity contribution >= 4 is 23.0 Å². The van der Waals surface area contributed by atoms with Crippen LogP contribution in [0.4, 0.5) is 0 Å². The first kappa shape index (κ1) is 19.5. The quantitative estimate of drug-likeness (QED) is 0.433. The maximum absolute atomic E-state index is 10.0. The largest absolute Gasteiger partial charge is 2.00 e. The van der Waals surface area contributed by atoms with Crippen LogP contribution in [0, 0.1) is 12.8 Å². The maximum Gasteiger partial charge on any atom is 2.00 e. The summed E-state index contributed by atoms with van der Waals surface area (Å²) in [6, 6.07) is 0. The van der Waals surface area contributed by atoms with Gasteiger partial charge < -0.3 is 44.7 Å². The second kappa shape index (κ2) is 11.0. The van der Waals surface area contributed by atoms with E-state index in [-0.39, 0.29) is 39.5 Å². The normalized spacial score (nSPS) is 7.20. The molecule has 0 radical (unpaired) electrons. The maximum atomic E-state index is 10.0. The Morgan fingerprint density at radius 3 is 1.00 bits per heavy atom. The molecule has 0 bridgehead atoms. The summed E-state index contributed by atoms with van der Waals surface area (Å²) in [5, 5.41) is 16.7. The van der Waals surface area contributed by atoms with Crippen LogP contribution in [-0.4, -0.2) is 23.0 Å². The van der Waals surface area contributed by atoms with Gasteiger partial charge in [-0.1, -0.05) is 13.8 Å². The van der Waals surface area contributed by atoms with Crippen LogP contribution in [-0.2, 0) is 26.1 Å². The van der Waals surface area contributed by atoms with E-state index in [9.17, 15) is 9.59 Å². The van der Waals surface area contributed by atoms with Crippen LogP contribution >= 0.6 is 0 Å². The molecule has 0 saturated heterocycles. The van der Waals surface area contributed by atoms with Crippen LogP contribution < -0.4 is 0 Å². The van der Waals surface area contributed by atoms with Crippen LogP contribution in [0.3, 0.4) is 0 Å². The van der Waals surface area contributed by atoms with Gasteiger partial charge in [-0.15, -0.1) is 0 Å². The number of hydrogen-bond acceptors (Lipinski definition) is 2. The summed E-state index contributed by atoms with van der Waals surface area (Å²) < 4.78 is 0. The monoisotopic (exact) mass is 252 g/mol. The summed E-state index contributed by atoms with van der Waals surface area (Å²) in [6.45, 7) is 5.70. The predicted octanol–water partition coefficient (Wildman–Crippen LogP) is 1.62. The van der Waals surface area contributed by atoms with Crippen LogP contribution in [0.15, 0.2) is 0 Å². The van der Waals surface area contributed by atoms with E-state index >= 15 is 0 Å². The molecule has 0 fully saturated rings. The fourth-order valence-corrected chi connectivity index (χ4v) is 0.588. The summed E-state index contributed by atoms with van der Waals surface area (Å²) in [7, 11) is 0. The Hall–Kier alpha value is -1.09. The van der Waals surface area contributed by atoms with Crippen molar-refractivity contribution in [3.63, 3.8) is 0 Å². The third-order valence-corrected chi connectivity index (χ3v) is 0.824. The molecule has 0 saturated carbocycles. The van der Waals surface area contributed by atoms with Gasteiger partial charge in [-0.25, -0.2) is 0 Å². The van der Waals surface area contributed by atoms with Crippen LogP contribution in [0.5, 0.6) is 0 Å². The van der Waals surface area contributed by atoms with Gasteiger partial charge in [0.15, 0.2) is 0 Å². The zero-order valence-corrected chi connectivity index (χ0v) is 10.2. The van der Waals surface area contributed by atoms with Crippen LogP contribution in [0.1, 0.15) is 27.7 Å². The van der Waals surface area contributed by atoms with Gasteiger partial charge in [0.1, 0.15) is 0 Å². The Kier molecular flexibility index (Phi) is 14.3. The van der Waals surface area contributed by atoms with E-state index < -0.39 is 0 Å². The summed E-state index contributed by atoms with van der Waals surface area (Å²) in [5.41, 5.74) is 0.125. The fourth-order valence-electron chi connectivity index (χ4n) is 0.588. The van der Waals surface area contributed by atoms with E-state index in [0.717, 1.165) is 0 Å². The Labute approximate surface area is 101 Å². The van der Waals surface area contributed by atoms with Gasteiger partial charge in [0.2, 0.25) is 0 Å². The van der Waals surface area contributed by atoms with Crippen molar-refractivity contribution in [1.82, 2.24) is 0 Å². The SMILES string of the molecule is CC(=[N-])[CH-]C(C)=O.CC(=[N-])[CH-]C(C)=O.[Ni+2]. The van der Waals surface area contributed by atoms with Crippen molar-refractivity contribution in [2.75, 3.05) is 0 Å². The zero-order chi connectivity index (χ0) is 11.7. The van der Waals surface area contributed by atoms with Gasteiger partial charge in [-0.2, -0.15) is 0 Å². The van der Waals surface area contributed by atoms with Gasteiger partial charge in [0.25, 0.3) is 0 Å². The van der Waals surface area contributed by atoms with Crippen molar-refractivity contribution in [3.8, 4) is 0 Å². The standard InChI is InChI=1S/2C5H7NO.Ni/c2*1-4(6)3-5(2)7;/h2*3H,1-2H3;/q2*-2;+2. The molecule has 0 spiro atoms. The van der Waals surface area contributed by atoms with E-state index in [0.29, 0.717) is 0 Å². The Morgan fingerprint density at radius 2 is 1.00 bits per heavy atom.